The number of rotatable bonds is 6. The number of hydrogen-bond donors (Lipinski definition) is 2. The molecule has 6 heteroatoms. The molecule has 26 heavy (non-hydrogen) atoms. The van der Waals surface area contributed by atoms with E-state index in [4.69, 9.17) is 14.5 Å². The lowest BCUT2D eigenvalue weighted by atomic mass is 9.74. The lowest BCUT2D eigenvalue weighted by Crippen LogP contribution is -2.43. The maximum Gasteiger partial charge on any atom is 0.191 e. The number of aliphatic imine (C=N–C) groups is 1. The topological polar surface area (TPSA) is 54.9 Å². The molecule has 2 aliphatic heterocycles. The predicted molar refractivity (Wildman–Crippen MR) is 101 cm³/mol. The highest BCUT2D eigenvalue weighted by atomic mass is 19.1. The molecule has 0 radical (unpaired) electrons. The van der Waals surface area contributed by atoms with Crippen molar-refractivity contribution < 1.29 is 13.9 Å². The Bertz CT molecular complexity index is 596. The van der Waals surface area contributed by atoms with Crippen LogP contribution in [0.5, 0.6) is 0 Å². The van der Waals surface area contributed by atoms with E-state index in [2.05, 4.69) is 17.6 Å². The Balaban J connectivity index is 1.72. The van der Waals surface area contributed by atoms with Crippen LogP contribution in [-0.2, 0) is 14.9 Å². The first-order chi connectivity index (χ1) is 12.7. The van der Waals surface area contributed by atoms with Crippen LogP contribution in [0.4, 0.5) is 4.39 Å². The van der Waals surface area contributed by atoms with Crippen LogP contribution < -0.4 is 10.6 Å². The van der Waals surface area contributed by atoms with Gasteiger partial charge in [-0.15, -0.1) is 0 Å². The molecular weight excluding hydrogens is 333 g/mol. The predicted octanol–water partition coefficient (Wildman–Crippen LogP) is 2.61. The van der Waals surface area contributed by atoms with Gasteiger partial charge in [-0.3, -0.25) is 4.99 Å². The molecule has 2 saturated heterocycles. The Kier molecular flexibility index (Phi) is 6.86. The normalized spacial score (nSPS) is 23.0. The van der Waals surface area contributed by atoms with Gasteiger partial charge in [0.2, 0.25) is 0 Å². The van der Waals surface area contributed by atoms with Gasteiger partial charge in [0.1, 0.15) is 5.82 Å². The van der Waals surface area contributed by atoms with Gasteiger partial charge in [-0.1, -0.05) is 12.1 Å². The van der Waals surface area contributed by atoms with Crippen LogP contribution in [0, 0.1) is 5.82 Å². The lowest BCUT2D eigenvalue weighted by molar-refractivity contribution is 0.0530. The quantitative estimate of drug-likeness (QED) is 0.603. The molecule has 0 saturated carbocycles. The summed E-state index contributed by atoms with van der Waals surface area (Å²) in [6, 6.07) is 6.93. The molecule has 1 unspecified atom stereocenters. The smallest absolute Gasteiger partial charge is 0.191 e. The molecule has 5 nitrogen and oxygen atoms in total. The van der Waals surface area contributed by atoms with Gasteiger partial charge in [-0.05, 0) is 50.3 Å². The molecule has 0 bridgehead atoms. The summed E-state index contributed by atoms with van der Waals surface area (Å²) in [6.45, 7) is 6.45. The molecule has 0 aliphatic carbocycles. The van der Waals surface area contributed by atoms with E-state index in [1.165, 1.54) is 6.07 Å². The summed E-state index contributed by atoms with van der Waals surface area (Å²) in [5.41, 5.74) is 0.839. The van der Waals surface area contributed by atoms with Crippen LogP contribution in [0.3, 0.4) is 0 Å². The number of guanidine groups is 1. The molecule has 3 rings (SSSR count). The second-order valence-electron chi connectivity index (χ2n) is 7.11. The minimum atomic E-state index is -0.194. The average Bonchev–Trinajstić information content (AvgIpc) is 3.18. The highest BCUT2D eigenvalue weighted by Crippen LogP contribution is 2.35. The van der Waals surface area contributed by atoms with Crippen LogP contribution in [-0.4, -0.2) is 51.5 Å². The van der Waals surface area contributed by atoms with Crippen molar-refractivity contribution in [1.29, 1.82) is 0 Å². The fraction of sp³-hybridized carbons (Fsp3) is 0.650. The maximum atomic E-state index is 13.8. The van der Waals surface area contributed by atoms with Crippen molar-refractivity contribution in [3.8, 4) is 0 Å². The van der Waals surface area contributed by atoms with E-state index in [-0.39, 0.29) is 17.3 Å². The van der Waals surface area contributed by atoms with E-state index in [0.717, 1.165) is 56.9 Å². The summed E-state index contributed by atoms with van der Waals surface area (Å²) in [6.07, 6.45) is 4.19. The summed E-state index contributed by atoms with van der Waals surface area (Å²) in [4.78, 5) is 4.84. The maximum absolute atomic E-state index is 13.8. The average molecular weight is 363 g/mol. The van der Waals surface area contributed by atoms with E-state index in [9.17, 15) is 4.39 Å². The summed E-state index contributed by atoms with van der Waals surface area (Å²) in [7, 11) is 0. The standard InChI is InChI=1S/C20H30FN3O2/c1-2-22-19(23-14-18-7-4-10-26-18)24-15-20(8-11-25-12-9-20)16-5-3-6-17(21)13-16/h3,5-6,13,18H,2,4,7-12,14-15H2,1H3,(H2,22,23,24). The first-order valence-electron chi connectivity index (χ1n) is 9.69. The number of benzene rings is 1. The summed E-state index contributed by atoms with van der Waals surface area (Å²) >= 11 is 0. The number of nitrogens with one attached hydrogen (secondary N) is 2. The fourth-order valence-electron chi connectivity index (χ4n) is 3.71. The molecule has 1 atom stereocenters. The van der Waals surface area contributed by atoms with Crippen LogP contribution in [0.1, 0.15) is 38.2 Å². The second kappa shape index (κ2) is 9.33. The number of halogens is 1. The number of nitrogens with zero attached hydrogens (tertiary/aromatic N) is 1. The molecule has 2 N–H and O–H groups in total. The van der Waals surface area contributed by atoms with Gasteiger partial charge in [-0.25, -0.2) is 4.39 Å². The molecule has 0 aromatic heterocycles. The van der Waals surface area contributed by atoms with Crippen LogP contribution in [0.2, 0.25) is 0 Å². The van der Waals surface area contributed by atoms with Crippen LogP contribution >= 0.6 is 0 Å². The van der Waals surface area contributed by atoms with Crippen molar-refractivity contribution >= 4 is 5.96 Å². The Morgan fingerprint density at radius 1 is 1.27 bits per heavy atom. The Morgan fingerprint density at radius 2 is 2.12 bits per heavy atom. The molecule has 1 aromatic rings. The van der Waals surface area contributed by atoms with Gasteiger partial charge in [0.05, 0.1) is 12.6 Å². The minimum Gasteiger partial charge on any atom is -0.381 e. The summed E-state index contributed by atoms with van der Waals surface area (Å²) < 4.78 is 25.0. The number of ether oxygens (including phenoxy) is 2. The van der Waals surface area contributed by atoms with E-state index in [1.54, 1.807) is 12.1 Å². The molecule has 0 amide bonds. The molecule has 144 valence electrons. The highest BCUT2D eigenvalue weighted by molar-refractivity contribution is 5.79. The molecular formula is C20H30FN3O2. The van der Waals surface area contributed by atoms with Gasteiger partial charge in [0.25, 0.3) is 0 Å². The zero-order valence-corrected chi connectivity index (χ0v) is 15.6. The molecule has 1 aromatic carbocycles. The van der Waals surface area contributed by atoms with Gasteiger partial charge in [0.15, 0.2) is 5.96 Å². The van der Waals surface area contributed by atoms with E-state index >= 15 is 0 Å². The van der Waals surface area contributed by atoms with Gasteiger partial charge >= 0.3 is 0 Å². The third kappa shape index (κ3) is 4.95. The van der Waals surface area contributed by atoms with E-state index in [0.29, 0.717) is 19.8 Å². The van der Waals surface area contributed by atoms with E-state index in [1.807, 2.05) is 6.07 Å². The van der Waals surface area contributed by atoms with E-state index < -0.39 is 0 Å². The van der Waals surface area contributed by atoms with Gasteiger partial charge in [-0.2, -0.15) is 0 Å². The van der Waals surface area contributed by atoms with Crippen molar-refractivity contribution in [2.24, 2.45) is 4.99 Å². The minimum absolute atomic E-state index is 0.174. The van der Waals surface area contributed by atoms with Crippen LogP contribution in [0.15, 0.2) is 29.3 Å². The lowest BCUT2D eigenvalue weighted by Gasteiger charge is -2.36. The van der Waals surface area contributed by atoms with Crippen molar-refractivity contribution in [1.82, 2.24) is 10.6 Å². The van der Waals surface area contributed by atoms with Crippen molar-refractivity contribution in [2.45, 2.75) is 44.1 Å². The zero-order chi connectivity index (χ0) is 18.2. The van der Waals surface area contributed by atoms with Crippen molar-refractivity contribution in [3.63, 3.8) is 0 Å². The largest absolute Gasteiger partial charge is 0.381 e. The van der Waals surface area contributed by atoms with Gasteiger partial charge in [0, 0.05) is 38.3 Å². The third-order valence-corrected chi connectivity index (χ3v) is 5.29. The first kappa shape index (κ1) is 19.1. The molecule has 2 fully saturated rings. The Hall–Kier alpha value is -1.66. The Labute approximate surface area is 155 Å². The summed E-state index contributed by atoms with van der Waals surface area (Å²) in [5.74, 6) is 0.603. The van der Waals surface area contributed by atoms with Gasteiger partial charge < -0.3 is 20.1 Å². The van der Waals surface area contributed by atoms with Crippen LogP contribution in [0.25, 0.3) is 0 Å². The fourth-order valence-corrected chi connectivity index (χ4v) is 3.71. The monoisotopic (exact) mass is 363 g/mol. The molecule has 0 spiro atoms. The third-order valence-electron chi connectivity index (χ3n) is 5.29. The SMILES string of the molecule is CCNC(=NCC1(c2cccc(F)c2)CCOCC1)NCC1CCCO1. The molecule has 2 heterocycles. The number of hydrogen-bond acceptors (Lipinski definition) is 3. The molecule has 2 aliphatic rings. The summed E-state index contributed by atoms with van der Waals surface area (Å²) in [5, 5.41) is 6.70. The van der Waals surface area contributed by atoms with Crippen molar-refractivity contribution in [3.05, 3.63) is 35.6 Å². The zero-order valence-electron chi connectivity index (χ0n) is 15.6. The van der Waals surface area contributed by atoms with Crippen molar-refractivity contribution in [2.75, 3.05) is 39.5 Å². The Morgan fingerprint density at radius 3 is 2.81 bits per heavy atom. The highest BCUT2D eigenvalue weighted by Gasteiger charge is 2.34. The second-order valence-corrected chi connectivity index (χ2v) is 7.11. The first-order valence-corrected chi connectivity index (χ1v) is 9.69.